The molecule has 1 aliphatic heterocycles. The van der Waals surface area contributed by atoms with E-state index >= 15 is 0 Å². The van der Waals surface area contributed by atoms with E-state index in [1.54, 1.807) is 0 Å². The van der Waals surface area contributed by atoms with Crippen molar-refractivity contribution >= 4 is 5.97 Å². The van der Waals surface area contributed by atoms with Crippen LogP contribution in [0, 0.1) is 11.3 Å². The molecular formula is C13H21NO2. The van der Waals surface area contributed by atoms with Crippen LogP contribution in [0.4, 0.5) is 0 Å². The maximum atomic E-state index is 10.8. The minimum absolute atomic E-state index is 0.261. The van der Waals surface area contributed by atoms with E-state index in [-0.39, 0.29) is 5.92 Å². The van der Waals surface area contributed by atoms with Gasteiger partial charge in [-0.2, -0.15) is 0 Å². The lowest BCUT2D eigenvalue weighted by Crippen LogP contribution is -2.58. The van der Waals surface area contributed by atoms with Crippen molar-refractivity contribution in [2.24, 2.45) is 11.3 Å². The van der Waals surface area contributed by atoms with Crippen LogP contribution in [-0.4, -0.2) is 35.1 Å². The third-order valence-electron chi connectivity index (χ3n) is 4.42. The van der Waals surface area contributed by atoms with Gasteiger partial charge < -0.3 is 5.11 Å². The predicted octanol–water partition coefficient (Wildman–Crippen LogP) is 2.14. The molecule has 1 N–H and O–H groups in total. The van der Waals surface area contributed by atoms with E-state index in [1.165, 1.54) is 12.8 Å². The molecule has 1 fully saturated rings. The van der Waals surface area contributed by atoms with Crippen molar-refractivity contribution in [1.29, 1.82) is 0 Å². The molecule has 2 atom stereocenters. The molecule has 2 rings (SSSR count). The lowest BCUT2D eigenvalue weighted by Gasteiger charge is -2.52. The van der Waals surface area contributed by atoms with E-state index in [1.807, 2.05) is 6.08 Å². The molecule has 0 aromatic heterocycles. The Labute approximate surface area is 97.1 Å². The average Bonchev–Trinajstić information content (AvgIpc) is 2.67. The number of carbonyl (C=O) groups is 1. The minimum Gasteiger partial charge on any atom is -0.481 e. The first kappa shape index (κ1) is 11.6. The van der Waals surface area contributed by atoms with Crippen LogP contribution in [0.3, 0.4) is 0 Å². The van der Waals surface area contributed by atoms with Crippen molar-refractivity contribution < 1.29 is 9.90 Å². The molecule has 0 aromatic carbocycles. The van der Waals surface area contributed by atoms with Crippen LogP contribution < -0.4 is 0 Å². The molecule has 1 aliphatic carbocycles. The van der Waals surface area contributed by atoms with Gasteiger partial charge in [-0.1, -0.05) is 26.0 Å². The third-order valence-corrected chi connectivity index (χ3v) is 4.42. The molecule has 0 radical (unpaired) electrons. The third kappa shape index (κ3) is 1.88. The molecule has 0 bridgehead atoms. The molecule has 0 amide bonds. The molecule has 16 heavy (non-hydrogen) atoms. The molecule has 0 aromatic rings. The molecule has 2 unspecified atom stereocenters. The number of hydrogen-bond acceptors (Lipinski definition) is 2. The van der Waals surface area contributed by atoms with Crippen LogP contribution >= 0.6 is 0 Å². The fraction of sp³-hybridized carbons (Fsp3) is 0.769. The summed E-state index contributed by atoms with van der Waals surface area (Å²) in [6, 6.07) is 0.368. The fourth-order valence-corrected chi connectivity index (χ4v) is 2.88. The number of carboxylic acid groups (broad SMARTS) is 1. The standard InChI is InChI=1S/C13H21NO2/c1-3-13(4-2)8-14(9-13)11-6-5-10(7-11)12(15)16/h5-6,10-11H,3-4,7-9H2,1-2H3,(H,15,16). The summed E-state index contributed by atoms with van der Waals surface area (Å²) in [5.74, 6) is -0.945. The maximum absolute atomic E-state index is 10.8. The minimum atomic E-state index is -0.684. The molecular weight excluding hydrogens is 202 g/mol. The maximum Gasteiger partial charge on any atom is 0.310 e. The van der Waals surface area contributed by atoms with Crippen LogP contribution in [-0.2, 0) is 4.79 Å². The van der Waals surface area contributed by atoms with Crippen LogP contribution in [0.1, 0.15) is 33.1 Å². The molecule has 3 nitrogen and oxygen atoms in total. The van der Waals surface area contributed by atoms with Crippen LogP contribution in [0.15, 0.2) is 12.2 Å². The Bertz CT molecular complexity index is 299. The SMILES string of the molecule is CCC1(CC)CN(C2C=CC(C(=O)O)C2)C1. The summed E-state index contributed by atoms with van der Waals surface area (Å²) in [5.41, 5.74) is 0.509. The predicted molar refractivity (Wildman–Crippen MR) is 63.3 cm³/mol. The summed E-state index contributed by atoms with van der Waals surface area (Å²) in [4.78, 5) is 13.3. The van der Waals surface area contributed by atoms with Gasteiger partial charge in [0.05, 0.1) is 5.92 Å². The Hall–Kier alpha value is -0.830. The average molecular weight is 223 g/mol. The van der Waals surface area contributed by atoms with E-state index < -0.39 is 5.97 Å². The number of carboxylic acids is 1. The van der Waals surface area contributed by atoms with Crippen molar-refractivity contribution in [1.82, 2.24) is 4.90 Å². The Balaban J connectivity index is 1.86. The van der Waals surface area contributed by atoms with Gasteiger partial charge in [0, 0.05) is 19.1 Å². The molecule has 3 heteroatoms. The zero-order chi connectivity index (χ0) is 11.8. The van der Waals surface area contributed by atoms with E-state index in [9.17, 15) is 4.79 Å². The van der Waals surface area contributed by atoms with E-state index in [0.717, 1.165) is 19.5 Å². The largest absolute Gasteiger partial charge is 0.481 e. The Kier molecular flexibility index (Phi) is 3.06. The monoisotopic (exact) mass is 223 g/mol. The first-order chi connectivity index (χ1) is 7.60. The highest BCUT2D eigenvalue weighted by atomic mass is 16.4. The van der Waals surface area contributed by atoms with Gasteiger partial charge in [-0.05, 0) is 24.7 Å². The Morgan fingerprint density at radius 2 is 2.00 bits per heavy atom. The van der Waals surface area contributed by atoms with Gasteiger partial charge in [-0.3, -0.25) is 9.69 Å². The first-order valence-electron chi connectivity index (χ1n) is 6.25. The molecule has 0 spiro atoms. The van der Waals surface area contributed by atoms with Gasteiger partial charge in [0.2, 0.25) is 0 Å². The van der Waals surface area contributed by atoms with E-state index in [2.05, 4.69) is 24.8 Å². The number of rotatable bonds is 4. The Morgan fingerprint density at radius 3 is 2.44 bits per heavy atom. The second kappa shape index (κ2) is 4.21. The highest BCUT2D eigenvalue weighted by molar-refractivity contribution is 5.73. The number of nitrogens with zero attached hydrogens (tertiary/aromatic N) is 1. The quantitative estimate of drug-likeness (QED) is 0.742. The zero-order valence-corrected chi connectivity index (χ0v) is 10.1. The summed E-state index contributed by atoms with van der Waals surface area (Å²) in [7, 11) is 0. The van der Waals surface area contributed by atoms with Crippen molar-refractivity contribution in [3.8, 4) is 0 Å². The number of aliphatic carboxylic acids is 1. The summed E-state index contributed by atoms with van der Waals surface area (Å²) in [6.45, 7) is 6.79. The number of hydrogen-bond donors (Lipinski definition) is 1. The fourth-order valence-electron chi connectivity index (χ4n) is 2.88. The highest BCUT2D eigenvalue weighted by Crippen LogP contribution is 2.40. The van der Waals surface area contributed by atoms with Gasteiger partial charge >= 0.3 is 5.97 Å². The Morgan fingerprint density at radius 1 is 1.38 bits per heavy atom. The van der Waals surface area contributed by atoms with E-state index in [0.29, 0.717) is 11.5 Å². The summed E-state index contributed by atoms with van der Waals surface area (Å²) in [6.07, 6.45) is 7.16. The van der Waals surface area contributed by atoms with Crippen molar-refractivity contribution in [2.75, 3.05) is 13.1 Å². The summed E-state index contributed by atoms with van der Waals surface area (Å²) < 4.78 is 0. The van der Waals surface area contributed by atoms with Crippen LogP contribution in [0.25, 0.3) is 0 Å². The first-order valence-corrected chi connectivity index (χ1v) is 6.25. The highest BCUT2D eigenvalue weighted by Gasteiger charge is 2.43. The zero-order valence-electron chi connectivity index (χ0n) is 10.1. The normalized spacial score (nSPS) is 32.6. The van der Waals surface area contributed by atoms with Gasteiger partial charge in [0.25, 0.3) is 0 Å². The lowest BCUT2D eigenvalue weighted by molar-refractivity contribution is -0.140. The molecule has 90 valence electrons. The van der Waals surface area contributed by atoms with Crippen molar-refractivity contribution in [3.05, 3.63) is 12.2 Å². The summed E-state index contributed by atoms with van der Waals surface area (Å²) in [5, 5.41) is 8.93. The molecule has 2 aliphatic rings. The number of likely N-dealkylation sites (tertiary alicyclic amines) is 1. The van der Waals surface area contributed by atoms with Crippen LogP contribution in [0.5, 0.6) is 0 Å². The molecule has 1 heterocycles. The van der Waals surface area contributed by atoms with Gasteiger partial charge in [-0.25, -0.2) is 0 Å². The lowest BCUT2D eigenvalue weighted by atomic mass is 9.74. The van der Waals surface area contributed by atoms with Gasteiger partial charge in [0.1, 0.15) is 0 Å². The topological polar surface area (TPSA) is 40.5 Å². The molecule has 1 saturated heterocycles. The second-order valence-corrected chi connectivity index (χ2v) is 5.24. The second-order valence-electron chi connectivity index (χ2n) is 5.24. The summed E-state index contributed by atoms with van der Waals surface area (Å²) >= 11 is 0. The smallest absolute Gasteiger partial charge is 0.310 e. The molecule has 0 saturated carbocycles. The van der Waals surface area contributed by atoms with E-state index in [4.69, 9.17) is 5.11 Å². The van der Waals surface area contributed by atoms with Gasteiger partial charge in [-0.15, -0.1) is 0 Å². The van der Waals surface area contributed by atoms with Crippen molar-refractivity contribution in [3.63, 3.8) is 0 Å². The van der Waals surface area contributed by atoms with Gasteiger partial charge in [0.15, 0.2) is 0 Å². The van der Waals surface area contributed by atoms with Crippen molar-refractivity contribution in [2.45, 2.75) is 39.2 Å². The van der Waals surface area contributed by atoms with Crippen LogP contribution in [0.2, 0.25) is 0 Å².